The van der Waals surface area contributed by atoms with Crippen molar-refractivity contribution in [2.24, 2.45) is 0 Å². The van der Waals surface area contributed by atoms with Crippen LogP contribution < -0.4 is 25.4 Å². The summed E-state index contributed by atoms with van der Waals surface area (Å²) in [7, 11) is -11.7. The van der Waals surface area contributed by atoms with Gasteiger partial charge in [-0.25, -0.2) is 8.42 Å². The monoisotopic (exact) mass is 578 g/mol. The van der Waals surface area contributed by atoms with Crippen LogP contribution in [-0.2, 0) is 20.2 Å². The van der Waals surface area contributed by atoms with E-state index in [-0.39, 0.29) is 5.75 Å². The average molecular weight is 578 g/mol. The molecule has 29 heavy (non-hydrogen) atoms. The minimum atomic E-state index is -6.09. The van der Waals surface area contributed by atoms with Crippen LogP contribution >= 0.6 is 0 Å². The second-order valence-corrected chi connectivity index (χ2v) is 10.6. The van der Waals surface area contributed by atoms with Crippen molar-refractivity contribution in [2.75, 3.05) is 0 Å². The summed E-state index contributed by atoms with van der Waals surface area (Å²) in [5.74, 6) is -0.272. The first-order valence-corrected chi connectivity index (χ1v) is 11.8. The number of rotatable bonds is 4. The number of benzene rings is 2. The third-order valence-electron chi connectivity index (χ3n) is 2.55. The van der Waals surface area contributed by atoms with E-state index >= 15 is 0 Å². The van der Waals surface area contributed by atoms with Crippen LogP contribution in [-0.4, -0.2) is 32.4 Å². The second kappa shape index (κ2) is 9.48. The molecule has 2 rings (SSSR count). The van der Waals surface area contributed by atoms with Gasteiger partial charge in [-0.05, 0) is 24.3 Å². The molecular formula is C14H9F6IO6S2. The van der Waals surface area contributed by atoms with E-state index in [4.69, 9.17) is 13.0 Å². The number of alkyl halides is 6. The Hall–Kier alpha value is -1.59. The molecule has 0 aliphatic carbocycles. The van der Waals surface area contributed by atoms with Gasteiger partial charge in [0.25, 0.3) is 0 Å². The summed E-state index contributed by atoms with van der Waals surface area (Å²) < 4.78 is 124. The van der Waals surface area contributed by atoms with Crippen molar-refractivity contribution in [2.45, 2.75) is 11.0 Å². The molecule has 0 atom stereocenters. The summed E-state index contributed by atoms with van der Waals surface area (Å²) in [6.45, 7) is 0. The quantitative estimate of drug-likeness (QED) is 0.168. The first kappa shape index (κ1) is 25.4. The lowest BCUT2D eigenvalue weighted by Crippen LogP contribution is -3.61. The molecule has 0 aliphatic rings. The van der Waals surface area contributed by atoms with E-state index in [1.54, 1.807) is 12.1 Å². The lowest BCUT2D eigenvalue weighted by molar-refractivity contribution is -0.598. The zero-order valence-corrected chi connectivity index (χ0v) is 17.4. The Labute approximate surface area is 171 Å². The maximum atomic E-state index is 12.4. The van der Waals surface area contributed by atoms with Gasteiger partial charge in [-0.3, -0.25) is 0 Å². The van der Waals surface area contributed by atoms with Gasteiger partial charge in [-0.1, -0.05) is 30.3 Å². The fraction of sp³-hybridized carbons (Fsp3) is 0.143. The van der Waals surface area contributed by atoms with Gasteiger partial charge in [0.15, 0.2) is 19.4 Å². The van der Waals surface area contributed by atoms with Gasteiger partial charge in [0.1, 0.15) is 0 Å². The largest absolute Gasteiger partial charge is 0.741 e. The number of para-hydroxylation sites is 1. The molecule has 6 nitrogen and oxygen atoms in total. The SMILES string of the molecule is O=S(=O)(Oc1ccccc1[I+]c1ccccc1)C(F)(F)F.O=S(=O)([O-])C(F)(F)F. The molecule has 2 aromatic rings. The van der Waals surface area contributed by atoms with E-state index in [0.29, 0.717) is 3.57 Å². The van der Waals surface area contributed by atoms with Gasteiger partial charge in [-0.2, -0.15) is 34.8 Å². The van der Waals surface area contributed by atoms with E-state index in [0.717, 1.165) is 3.57 Å². The Balaban J connectivity index is 0.000000447. The van der Waals surface area contributed by atoms with Crippen LogP contribution in [0.15, 0.2) is 54.6 Å². The van der Waals surface area contributed by atoms with Crippen molar-refractivity contribution in [1.29, 1.82) is 0 Å². The summed E-state index contributed by atoms with van der Waals surface area (Å²) >= 11 is -0.841. The van der Waals surface area contributed by atoms with Crippen molar-refractivity contribution in [3.05, 3.63) is 61.7 Å². The van der Waals surface area contributed by atoms with Crippen LogP contribution in [0.2, 0.25) is 0 Å². The smallest absolute Gasteiger partial charge is 0.534 e. The second-order valence-electron chi connectivity index (χ2n) is 4.70. The summed E-state index contributed by atoms with van der Waals surface area (Å²) in [5, 5.41) is 0. The highest BCUT2D eigenvalue weighted by Gasteiger charge is 2.49. The van der Waals surface area contributed by atoms with Gasteiger partial charge in [0.2, 0.25) is 3.57 Å². The van der Waals surface area contributed by atoms with Crippen molar-refractivity contribution in [3.8, 4) is 5.75 Å². The minimum Gasteiger partial charge on any atom is -0.741 e. The van der Waals surface area contributed by atoms with Crippen LogP contribution in [0.1, 0.15) is 0 Å². The fourth-order valence-electron chi connectivity index (χ4n) is 1.35. The maximum Gasteiger partial charge on any atom is 0.534 e. The third-order valence-corrected chi connectivity index (χ3v) is 6.89. The normalized spacial score (nSPS) is 12.7. The van der Waals surface area contributed by atoms with Crippen molar-refractivity contribution < 1.29 is 73.1 Å². The molecule has 0 bridgehead atoms. The Morgan fingerprint density at radius 3 is 1.66 bits per heavy atom. The molecular weight excluding hydrogens is 569 g/mol. The summed E-state index contributed by atoms with van der Waals surface area (Å²) in [5.41, 5.74) is -11.1. The highest BCUT2D eigenvalue weighted by Crippen LogP contribution is 2.26. The van der Waals surface area contributed by atoms with Gasteiger partial charge < -0.3 is 8.74 Å². The molecule has 0 saturated heterocycles. The van der Waals surface area contributed by atoms with E-state index < -0.39 is 52.5 Å². The Bertz CT molecular complexity index is 1020. The summed E-state index contributed by atoms with van der Waals surface area (Å²) in [6, 6.07) is 15.0. The van der Waals surface area contributed by atoms with Crippen LogP contribution in [0, 0.1) is 7.14 Å². The molecule has 0 aliphatic heterocycles. The first-order chi connectivity index (χ1) is 13.0. The molecule has 0 spiro atoms. The molecule has 0 aromatic heterocycles. The predicted octanol–water partition coefficient (Wildman–Crippen LogP) is 0.0948. The van der Waals surface area contributed by atoms with E-state index in [9.17, 15) is 34.8 Å². The molecule has 0 saturated carbocycles. The maximum absolute atomic E-state index is 12.4. The molecule has 0 radical (unpaired) electrons. The van der Waals surface area contributed by atoms with Gasteiger partial charge in [-0.15, -0.1) is 0 Å². The standard InChI is InChI=1S/C13H9F3IO3S.CHF3O3S/c14-13(15,16)21(18,19)20-12-9-5-4-8-11(12)17-10-6-2-1-3-7-10;2-1(3,4)8(5,6)7/h1-9H;(H,5,6,7)/q+1;/p-1. The molecule has 0 heterocycles. The molecule has 2 aromatic carbocycles. The van der Waals surface area contributed by atoms with E-state index in [1.165, 1.54) is 12.1 Å². The van der Waals surface area contributed by atoms with Gasteiger partial charge in [0, 0.05) is 0 Å². The average Bonchev–Trinajstić information content (AvgIpc) is 2.55. The Morgan fingerprint density at radius 1 is 0.759 bits per heavy atom. The molecule has 0 amide bonds. The van der Waals surface area contributed by atoms with Crippen molar-refractivity contribution in [3.63, 3.8) is 0 Å². The Kier molecular flexibility index (Phi) is 8.32. The summed E-state index contributed by atoms with van der Waals surface area (Å²) in [4.78, 5) is 0. The zero-order valence-electron chi connectivity index (χ0n) is 13.6. The van der Waals surface area contributed by atoms with Gasteiger partial charge >= 0.3 is 42.3 Å². The first-order valence-electron chi connectivity index (χ1n) is 6.86. The zero-order chi connectivity index (χ0) is 22.5. The molecule has 0 N–H and O–H groups in total. The van der Waals surface area contributed by atoms with Crippen LogP contribution in [0.25, 0.3) is 0 Å². The predicted molar refractivity (Wildman–Crippen MR) is 81.6 cm³/mol. The third kappa shape index (κ3) is 7.98. The molecule has 0 unspecified atom stereocenters. The lowest BCUT2D eigenvalue weighted by Gasteiger charge is -2.08. The van der Waals surface area contributed by atoms with E-state index in [2.05, 4.69) is 4.18 Å². The molecule has 15 heteroatoms. The number of halogens is 7. The lowest BCUT2D eigenvalue weighted by atomic mass is 10.3. The molecule has 0 fully saturated rings. The highest BCUT2D eigenvalue weighted by atomic mass is 127. The number of hydrogen-bond donors (Lipinski definition) is 0. The number of hydrogen-bond acceptors (Lipinski definition) is 6. The van der Waals surface area contributed by atoms with Gasteiger partial charge in [0.05, 0.1) is 0 Å². The minimum absolute atomic E-state index is 0.272. The Morgan fingerprint density at radius 2 is 1.21 bits per heavy atom. The van der Waals surface area contributed by atoms with Crippen molar-refractivity contribution >= 4 is 20.2 Å². The molecule has 162 valence electrons. The highest BCUT2D eigenvalue weighted by molar-refractivity contribution is 7.88. The van der Waals surface area contributed by atoms with Crippen LogP contribution in [0.3, 0.4) is 0 Å². The summed E-state index contributed by atoms with van der Waals surface area (Å²) in [6.07, 6.45) is 0. The topological polar surface area (TPSA) is 101 Å². The van der Waals surface area contributed by atoms with Crippen molar-refractivity contribution in [1.82, 2.24) is 0 Å². The van der Waals surface area contributed by atoms with Crippen LogP contribution in [0.5, 0.6) is 5.75 Å². The fourth-order valence-corrected chi connectivity index (χ4v) is 4.37. The van der Waals surface area contributed by atoms with E-state index in [1.807, 2.05) is 30.3 Å². The van der Waals surface area contributed by atoms with Crippen LogP contribution in [0.4, 0.5) is 26.3 Å².